The minimum absolute atomic E-state index is 0.318. The highest BCUT2D eigenvalue weighted by Crippen LogP contribution is 2.61. The molecule has 4 bridgehead atoms. The van der Waals surface area contributed by atoms with Gasteiger partial charge in [0.1, 0.15) is 0 Å². The van der Waals surface area contributed by atoms with Crippen molar-refractivity contribution in [3.05, 3.63) is 0 Å². The number of nitrogens with zero attached hydrogens (tertiary/aromatic N) is 1. The second kappa shape index (κ2) is 3.72. The Kier molecular flexibility index (Phi) is 2.33. The molecular formula is C15H24N2O. The van der Waals surface area contributed by atoms with Gasteiger partial charge in [-0.15, -0.1) is 0 Å². The Bertz CT molecular complexity index is 343. The smallest absolute Gasteiger partial charge is 0.237 e. The molecule has 0 spiro atoms. The van der Waals surface area contributed by atoms with Gasteiger partial charge in [-0.25, -0.2) is 0 Å². The third-order valence-electron chi connectivity index (χ3n) is 6.32. The van der Waals surface area contributed by atoms with Gasteiger partial charge in [0.25, 0.3) is 0 Å². The molecule has 100 valence electrons. The van der Waals surface area contributed by atoms with Crippen LogP contribution in [0.4, 0.5) is 0 Å². The molecule has 4 saturated carbocycles. The van der Waals surface area contributed by atoms with Gasteiger partial charge in [-0.3, -0.25) is 10.1 Å². The molecule has 5 rings (SSSR count). The van der Waals surface area contributed by atoms with E-state index in [1.54, 1.807) is 0 Å². The Morgan fingerprint density at radius 3 is 2.17 bits per heavy atom. The van der Waals surface area contributed by atoms with Crippen LogP contribution in [0.5, 0.6) is 0 Å². The summed E-state index contributed by atoms with van der Waals surface area (Å²) in [4.78, 5) is 14.1. The predicted molar refractivity (Wildman–Crippen MR) is 69.8 cm³/mol. The summed E-state index contributed by atoms with van der Waals surface area (Å²) in [6, 6.07) is 0.452. The first-order valence-electron chi connectivity index (χ1n) is 7.66. The first-order chi connectivity index (χ1) is 8.66. The molecule has 0 aromatic heterocycles. The van der Waals surface area contributed by atoms with Crippen LogP contribution in [0.1, 0.15) is 45.4 Å². The highest BCUT2D eigenvalue weighted by molar-refractivity contribution is 5.80. The topological polar surface area (TPSA) is 32.3 Å². The van der Waals surface area contributed by atoms with Gasteiger partial charge < -0.3 is 4.90 Å². The standard InChI is InChI=1S/C15H24N2O/c1-10(17-9-16-8-14(17)18)15-5-11-2-12(6-15)4-13(3-11)7-15/h10-13,16H,2-9H2,1H3. The summed E-state index contributed by atoms with van der Waals surface area (Å²) in [5.74, 6) is 3.25. The lowest BCUT2D eigenvalue weighted by molar-refractivity contribution is -0.139. The number of rotatable bonds is 2. The molecule has 0 aromatic carbocycles. The lowest BCUT2D eigenvalue weighted by Gasteiger charge is -2.60. The molecule has 1 aliphatic heterocycles. The maximum atomic E-state index is 12.0. The number of amides is 1. The largest absolute Gasteiger partial charge is 0.326 e. The molecule has 1 heterocycles. The van der Waals surface area contributed by atoms with Crippen LogP contribution in [-0.4, -0.2) is 30.1 Å². The Morgan fingerprint density at radius 2 is 1.72 bits per heavy atom. The van der Waals surface area contributed by atoms with E-state index < -0.39 is 0 Å². The van der Waals surface area contributed by atoms with Crippen molar-refractivity contribution in [2.75, 3.05) is 13.2 Å². The Labute approximate surface area is 109 Å². The molecule has 0 radical (unpaired) electrons. The second-order valence-corrected chi connectivity index (χ2v) is 7.40. The molecular weight excluding hydrogens is 224 g/mol. The van der Waals surface area contributed by atoms with Crippen LogP contribution >= 0.6 is 0 Å². The van der Waals surface area contributed by atoms with Crippen LogP contribution in [-0.2, 0) is 4.79 Å². The molecule has 1 unspecified atom stereocenters. The molecule has 4 aliphatic carbocycles. The fourth-order valence-electron chi connectivity index (χ4n) is 5.85. The van der Waals surface area contributed by atoms with Gasteiger partial charge in [-0.05, 0) is 68.6 Å². The zero-order valence-corrected chi connectivity index (χ0v) is 11.3. The van der Waals surface area contributed by atoms with Crippen LogP contribution in [0.2, 0.25) is 0 Å². The van der Waals surface area contributed by atoms with Crippen molar-refractivity contribution < 1.29 is 4.79 Å². The summed E-state index contributed by atoms with van der Waals surface area (Å²) in [6.07, 6.45) is 8.63. The Balaban J connectivity index is 1.61. The highest BCUT2D eigenvalue weighted by atomic mass is 16.2. The van der Waals surface area contributed by atoms with Gasteiger partial charge in [0.2, 0.25) is 5.91 Å². The van der Waals surface area contributed by atoms with Gasteiger partial charge in [0.05, 0.1) is 13.2 Å². The van der Waals surface area contributed by atoms with Crippen LogP contribution in [0, 0.1) is 23.2 Å². The van der Waals surface area contributed by atoms with Crippen molar-refractivity contribution >= 4 is 5.91 Å². The monoisotopic (exact) mass is 248 g/mol. The van der Waals surface area contributed by atoms with Crippen molar-refractivity contribution in [1.29, 1.82) is 0 Å². The van der Waals surface area contributed by atoms with Crippen molar-refractivity contribution in [1.82, 2.24) is 10.2 Å². The number of carbonyl (C=O) groups excluding carboxylic acids is 1. The molecule has 1 amide bonds. The molecule has 3 nitrogen and oxygen atoms in total. The fraction of sp³-hybridized carbons (Fsp3) is 0.933. The van der Waals surface area contributed by atoms with Crippen LogP contribution in [0.15, 0.2) is 0 Å². The first kappa shape index (κ1) is 11.3. The van der Waals surface area contributed by atoms with Gasteiger partial charge >= 0.3 is 0 Å². The van der Waals surface area contributed by atoms with E-state index in [0.717, 1.165) is 24.4 Å². The van der Waals surface area contributed by atoms with Crippen molar-refractivity contribution in [3.8, 4) is 0 Å². The zero-order valence-electron chi connectivity index (χ0n) is 11.3. The number of hydrogen-bond donors (Lipinski definition) is 1. The maximum Gasteiger partial charge on any atom is 0.237 e. The van der Waals surface area contributed by atoms with E-state index in [-0.39, 0.29) is 0 Å². The van der Waals surface area contributed by atoms with Crippen LogP contribution in [0.3, 0.4) is 0 Å². The number of hydrogen-bond acceptors (Lipinski definition) is 2. The predicted octanol–water partition coefficient (Wildman–Crippen LogP) is 1.98. The van der Waals surface area contributed by atoms with E-state index in [9.17, 15) is 4.79 Å². The Morgan fingerprint density at radius 1 is 1.17 bits per heavy atom. The summed E-state index contributed by atoms with van der Waals surface area (Å²) in [6.45, 7) is 3.65. The highest BCUT2D eigenvalue weighted by Gasteiger charge is 2.54. The Hall–Kier alpha value is -0.570. The molecule has 1 N–H and O–H groups in total. The fourth-order valence-corrected chi connectivity index (χ4v) is 5.85. The minimum Gasteiger partial charge on any atom is -0.326 e. The van der Waals surface area contributed by atoms with Gasteiger partial charge in [-0.2, -0.15) is 0 Å². The molecule has 1 saturated heterocycles. The number of nitrogens with one attached hydrogen (secondary N) is 1. The molecule has 0 aromatic rings. The zero-order chi connectivity index (χ0) is 12.3. The van der Waals surface area contributed by atoms with Crippen LogP contribution in [0.25, 0.3) is 0 Å². The molecule has 3 heteroatoms. The molecule has 18 heavy (non-hydrogen) atoms. The SMILES string of the molecule is CC(N1CNCC1=O)C12CC3CC(CC(C3)C1)C2. The quantitative estimate of drug-likeness (QED) is 0.810. The van der Waals surface area contributed by atoms with Gasteiger partial charge in [-0.1, -0.05) is 0 Å². The normalized spacial score (nSPS) is 47.9. The van der Waals surface area contributed by atoms with Gasteiger partial charge in [0, 0.05) is 6.04 Å². The summed E-state index contributed by atoms with van der Waals surface area (Å²) >= 11 is 0. The molecule has 1 atom stereocenters. The van der Waals surface area contributed by atoms with E-state index in [1.807, 2.05) is 0 Å². The van der Waals surface area contributed by atoms with Crippen molar-refractivity contribution in [3.63, 3.8) is 0 Å². The molecule has 5 fully saturated rings. The van der Waals surface area contributed by atoms with Crippen LogP contribution < -0.4 is 5.32 Å². The lowest BCUT2D eigenvalue weighted by atomic mass is 9.47. The third kappa shape index (κ3) is 1.49. The lowest BCUT2D eigenvalue weighted by Crippen LogP contribution is -2.56. The summed E-state index contributed by atoms with van der Waals surface area (Å²) in [5.41, 5.74) is 0.469. The first-order valence-corrected chi connectivity index (χ1v) is 7.66. The maximum absolute atomic E-state index is 12.0. The van der Waals surface area contributed by atoms with Gasteiger partial charge in [0.15, 0.2) is 0 Å². The van der Waals surface area contributed by atoms with E-state index >= 15 is 0 Å². The second-order valence-electron chi connectivity index (χ2n) is 7.40. The average molecular weight is 248 g/mol. The molecule has 5 aliphatic rings. The average Bonchev–Trinajstić information content (AvgIpc) is 2.72. The summed E-state index contributed by atoms with van der Waals surface area (Å²) < 4.78 is 0. The van der Waals surface area contributed by atoms with E-state index in [2.05, 4.69) is 17.1 Å². The van der Waals surface area contributed by atoms with E-state index in [4.69, 9.17) is 0 Å². The van der Waals surface area contributed by atoms with E-state index in [0.29, 0.717) is 23.9 Å². The summed E-state index contributed by atoms with van der Waals surface area (Å²) in [7, 11) is 0. The van der Waals surface area contributed by atoms with Crippen molar-refractivity contribution in [2.24, 2.45) is 23.2 Å². The van der Waals surface area contributed by atoms with E-state index in [1.165, 1.54) is 38.5 Å². The van der Waals surface area contributed by atoms with Crippen molar-refractivity contribution in [2.45, 2.75) is 51.5 Å². The third-order valence-corrected chi connectivity index (χ3v) is 6.32. The minimum atomic E-state index is 0.318. The summed E-state index contributed by atoms with van der Waals surface area (Å²) in [5, 5.41) is 3.21. The number of carbonyl (C=O) groups is 1.